The van der Waals surface area contributed by atoms with Gasteiger partial charge in [-0.1, -0.05) is 0 Å². The van der Waals surface area contributed by atoms with Crippen molar-refractivity contribution in [2.45, 2.75) is 6.92 Å². The monoisotopic (exact) mass is 234 g/mol. The summed E-state index contributed by atoms with van der Waals surface area (Å²) in [5.41, 5.74) is 5.13. The predicted molar refractivity (Wildman–Crippen MR) is 51.2 cm³/mol. The van der Waals surface area contributed by atoms with Gasteiger partial charge in [-0.15, -0.1) is 0 Å². The Morgan fingerprint density at radius 1 is 1.75 bits per heavy atom. The maximum atomic E-state index is 10.7. The van der Waals surface area contributed by atoms with Crippen molar-refractivity contribution < 1.29 is 9.53 Å². The summed E-state index contributed by atoms with van der Waals surface area (Å²) >= 11 is 3.10. The van der Waals surface area contributed by atoms with Crippen LogP contribution < -0.4 is 5.73 Å². The fraction of sp³-hybridized carbons (Fsp3) is 0.429. The van der Waals surface area contributed by atoms with Gasteiger partial charge in [0, 0.05) is 12.4 Å². The number of carbonyl (C=O) groups excluding carboxylic acids is 1. The second-order valence-electron chi connectivity index (χ2n) is 1.83. The van der Waals surface area contributed by atoms with Gasteiger partial charge >= 0.3 is 5.97 Å². The Labute approximate surface area is 79.6 Å². The highest BCUT2D eigenvalue weighted by Gasteiger charge is 1.96. The molecule has 0 fully saturated rings. The van der Waals surface area contributed by atoms with E-state index in [-0.39, 0.29) is 12.5 Å². The third kappa shape index (κ3) is 5.91. The van der Waals surface area contributed by atoms with E-state index in [0.29, 0.717) is 11.1 Å². The molecule has 5 heteroatoms. The zero-order valence-electron chi connectivity index (χ0n) is 6.79. The highest BCUT2D eigenvalue weighted by atomic mass is 79.9. The lowest BCUT2D eigenvalue weighted by molar-refractivity contribution is -0.141. The van der Waals surface area contributed by atoms with E-state index in [4.69, 9.17) is 5.73 Å². The lowest BCUT2D eigenvalue weighted by Gasteiger charge is -1.95. The number of esters is 1. The van der Waals surface area contributed by atoms with Crippen LogP contribution >= 0.6 is 15.9 Å². The molecular formula is C7H11BrN2O2. The first kappa shape index (κ1) is 11.2. The van der Waals surface area contributed by atoms with Crippen LogP contribution in [-0.2, 0) is 9.53 Å². The Kier molecular flexibility index (Phi) is 6.37. The van der Waals surface area contributed by atoms with Crippen molar-refractivity contribution in [2.75, 3.05) is 13.2 Å². The summed E-state index contributed by atoms with van der Waals surface area (Å²) in [6, 6.07) is 0. The van der Waals surface area contributed by atoms with Crippen molar-refractivity contribution in [1.82, 2.24) is 0 Å². The number of nitrogens with zero attached hydrogens (tertiary/aromatic N) is 1. The molecule has 0 aromatic rings. The molecule has 0 aromatic carbocycles. The molecule has 0 unspecified atom stereocenters. The first-order chi connectivity index (χ1) is 5.70. The van der Waals surface area contributed by atoms with E-state index < -0.39 is 0 Å². The second-order valence-corrected chi connectivity index (χ2v) is 2.74. The summed E-state index contributed by atoms with van der Waals surface area (Å²) < 4.78 is 5.27. The van der Waals surface area contributed by atoms with Gasteiger partial charge in [-0.2, -0.15) is 0 Å². The van der Waals surface area contributed by atoms with E-state index in [1.807, 2.05) is 0 Å². The van der Waals surface area contributed by atoms with E-state index >= 15 is 0 Å². The van der Waals surface area contributed by atoms with E-state index in [1.165, 1.54) is 12.4 Å². The third-order valence-electron chi connectivity index (χ3n) is 0.900. The van der Waals surface area contributed by atoms with E-state index in [1.54, 1.807) is 6.92 Å². The van der Waals surface area contributed by atoms with Crippen LogP contribution in [-0.4, -0.2) is 25.3 Å². The smallest absolute Gasteiger partial charge is 0.327 e. The Morgan fingerprint density at radius 3 is 2.92 bits per heavy atom. The molecule has 0 radical (unpaired) electrons. The average Bonchev–Trinajstić information content (AvgIpc) is 2.04. The molecule has 2 N–H and O–H groups in total. The zero-order chi connectivity index (χ0) is 9.40. The summed E-state index contributed by atoms with van der Waals surface area (Å²) in [6.07, 6.45) is 2.80. The van der Waals surface area contributed by atoms with Crippen LogP contribution in [0.25, 0.3) is 0 Å². The highest BCUT2D eigenvalue weighted by Crippen LogP contribution is 1.96. The van der Waals surface area contributed by atoms with E-state index in [9.17, 15) is 4.79 Å². The molecule has 4 nitrogen and oxygen atoms in total. The largest absolute Gasteiger partial charge is 0.465 e. The number of halogens is 1. The molecule has 0 aliphatic rings. The molecule has 0 spiro atoms. The standard InChI is InChI=1S/C7H11BrN2O2/c1-2-12-7(11)5-10-4-6(8)3-9/h3-4H,2,5,9H2,1H3. The van der Waals surface area contributed by atoms with E-state index in [2.05, 4.69) is 25.7 Å². The predicted octanol–water partition coefficient (Wildman–Crippen LogP) is 0.815. The number of nitrogens with two attached hydrogens (primary N) is 1. The minimum absolute atomic E-state index is 0.0246. The van der Waals surface area contributed by atoms with Crippen LogP contribution in [0.1, 0.15) is 6.92 Å². The summed E-state index contributed by atoms with van der Waals surface area (Å²) in [5.74, 6) is -0.342. The molecule has 12 heavy (non-hydrogen) atoms. The van der Waals surface area contributed by atoms with Crippen molar-refractivity contribution in [2.24, 2.45) is 10.7 Å². The van der Waals surface area contributed by atoms with Gasteiger partial charge in [0.05, 0.1) is 11.1 Å². The molecule has 0 aliphatic carbocycles. The van der Waals surface area contributed by atoms with Crippen LogP contribution in [0, 0.1) is 0 Å². The molecular weight excluding hydrogens is 224 g/mol. The fourth-order valence-electron chi connectivity index (χ4n) is 0.457. The lowest BCUT2D eigenvalue weighted by Crippen LogP contribution is -2.07. The first-order valence-corrected chi connectivity index (χ1v) is 4.22. The van der Waals surface area contributed by atoms with Gasteiger partial charge in [0.2, 0.25) is 0 Å². The van der Waals surface area contributed by atoms with Crippen molar-refractivity contribution in [3.63, 3.8) is 0 Å². The lowest BCUT2D eigenvalue weighted by atomic mass is 10.6. The van der Waals surface area contributed by atoms with Crippen LogP contribution in [0.4, 0.5) is 0 Å². The molecule has 0 aliphatic heterocycles. The zero-order valence-corrected chi connectivity index (χ0v) is 8.37. The number of rotatable bonds is 4. The second kappa shape index (κ2) is 6.84. The molecule has 0 amide bonds. The van der Waals surface area contributed by atoms with Crippen LogP contribution in [0.3, 0.4) is 0 Å². The van der Waals surface area contributed by atoms with Gasteiger partial charge < -0.3 is 10.5 Å². The number of allylic oxidation sites excluding steroid dienone is 1. The summed E-state index contributed by atoms with van der Waals surface area (Å²) in [7, 11) is 0. The maximum Gasteiger partial charge on any atom is 0.327 e. The molecule has 0 rings (SSSR count). The minimum Gasteiger partial charge on any atom is -0.465 e. The minimum atomic E-state index is -0.342. The first-order valence-electron chi connectivity index (χ1n) is 3.43. The fourth-order valence-corrected chi connectivity index (χ4v) is 0.602. The van der Waals surface area contributed by atoms with Crippen LogP contribution in [0.5, 0.6) is 0 Å². The number of hydrogen-bond donors (Lipinski definition) is 1. The highest BCUT2D eigenvalue weighted by molar-refractivity contribution is 9.12. The number of ether oxygens (including phenoxy) is 1. The van der Waals surface area contributed by atoms with E-state index in [0.717, 1.165) is 0 Å². The third-order valence-corrected chi connectivity index (χ3v) is 1.37. The number of carbonyl (C=O) groups is 1. The molecule has 0 saturated heterocycles. The molecule has 0 heterocycles. The number of hydrogen-bond acceptors (Lipinski definition) is 4. The summed E-state index contributed by atoms with van der Waals surface area (Å²) in [5, 5.41) is 0. The van der Waals surface area contributed by atoms with Crippen molar-refractivity contribution in [1.29, 1.82) is 0 Å². The topological polar surface area (TPSA) is 64.7 Å². The van der Waals surface area contributed by atoms with Gasteiger partial charge in [-0.05, 0) is 22.9 Å². The van der Waals surface area contributed by atoms with Gasteiger partial charge in [-0.3, -0.25) is 9.79 Å². The van der Waals surface area contributed by atoms with Gasteiger partial charge in [-0.25, -0.2) is 0 Å². The maximum absolute atomic E-state index is 10.7. The summed E-state index contributed by atoms with van der Waals surface area (Å²) in [6.45, 7) is 2.15. The summed E-state index contributed by atoms with van der Waals surface area (Å²) in [4.78, 5) is 14.5. The van der Waals surface area contributed by atoms with Crippen LogP contribution in [0.15, 0.2) is 15.7 Å². The van der Waals surface area contributed by atoms with Crippen molar-refractivity contribution in [3.8, 4) is 0 Å². The van der Waals surface area contributed by atoms with Crippen molar-refractivity contribution in [3.05, 3.63) is 10.7 Å². The van der Waals surface area contributed by atoms with Crippen molar-refractivity contribution >= 4 is 28.1 Å². The Morgan fingerprint density at radius 2 is 2.42 bits per heavy atom. The Bertz CT molecular complexity index is 202. The SMILES string of the molecule is CCOC(=O)CN=CC(Br)=CN. The quantitative estimate of drug-likeness (QED) is 0.579. The molecule has 68 valence electrons. The van der Waals surface area contributed by atoms with Gasteiger partial charge in [0.15, 0.2) is 0 Å². The molecule has 0 atom stereocenters. The molecule has 0 bridgehead atoms. The van der Waals surface area contributed by atoms with Gasteiger partial charge in [0.25, 0.3) is 0 Å². The Hall–Kier alpha value is -0.840. The molecule has 0 aromatic heterocycles. The Balaban J connectivity index is 3.67. The average molecular weight is 235 g/mol. The van der Waals surface area contributed by atoms with Gasteiger partial charge in [0.1, 0.15) is 6.54 Å². The normalized spacial score (nSPS) is 12.0. The van der Waals surface area contributed by atoms with Crippen LogP contribution in [0.2, 0.25) is 0 Å². The molecule has 0 saturated carbocycles. The number of aliphatic imine (C=N–C) groups is 1.